The van der Waals surface area contributed by atoms with Crippen molar-refractivity contribution in [3.63, 3.8) is 0 Å². The van der Waals surface area contributed by atoms with E-state index in [1.54, 1.807) is 0 Å². The average molecular weight is 199 g/mol. The number of rotatable bonds is 3. The molecule has 0 radical (unpaired) electrons. The number of hydrogen-bond acceptors (Lipinski definition) is 2. The second kappa shape index (κ2) is 4.61. The third-order valence-corrected chi connectivity index (χ3v) is 2.32. The smallest absolute Gasteiger partial charge is 0.0465 e. The third kappa shape index (κ3) is 2.69. The predicted molar refractivity (Wildman–Crippen MR) is 56.9 cm³/mol. The van der Waals surface area contributed by atoms with E-state index in [0.29, 0.717) is 6.54 Å². The minimum absolute atomic E-state index is 0.249. The Labute approximate surface area is 84.3 Å². The van der Waals surface area contributed by atoms with Crippen LogP contribution in [0.4, 0.5) is 0 Å². The number of nitrogens with two attached hydrogens (primary N) is 1. The molecule has 0 heterocycles. The SMILES string of the molecule is CN(C)[C@H](CN)c1cccc(Cl)c1. The number of benzene rings is 1. The monoisotopic (exact) mass is 198 g/mol. The summed E-state index contributed by atoms with van der Waals surface area (Å²) in [5, 5.41) is 0.762. The largest absolute Gasteiger partial charge is 0.329 e. The fraction of sp³-hybridized carbons (Fsp3) is 0.400. The van der Waals surface area contributed by atoms with Crippen molar-refractivity contribution >= 4 is 11.6 Å². The zero-order chi connectivity index (χ0) is 9.84. The van der Waals surface area contributed by atoms with Gasteiger partial charge in [-0.25, -0.2) is 0 Å². The molecule has 0 saturated carbocycles. The second-order valence-electron chi connectivity index (χ2n) is 3.27. The summed E-state index contributed by atoms with van der Waals surface area (Å²) in [6.07, 6.45) is 0. The topological polar surface area (TPSA) is 29.3 Å². The van der Waals surface area contributed by atoms with Gasteiger partial charge in [0.1, 0.15) is 0 Å². The maximum absolute atomic E-state index is 5.89. The zero-order valence-electron chi connectivity index (χ0n) is 8.00. The lowest BCUT2D eigenvalue weighted by molar-refractivity contribution is 0.306. The Kier molecular flexibility index (Phi) is 3.72. The van der Waals surface area contributed by atoms with E-state index in [4.69, 9.17) is 17.3 Å². The van der Waals surface area contributed by atoms with E-state index in [1.165, 1.54) is 5.56 Å². The number of halogens is 1. The van der Waals surface area contributed by atoms with Crippen LogP contribution in [-0.4, -0.2) is 25.5 Å². The van der Waals surface area contributed by atoms with Gasteiger partial charge in [-0.1, -0.05) is 23.7 Å². The maximum Gasteiger partial charge on any atom is 0.0465 e. The van der Waals surface area contributed by atoms with Crippen molar-refractivity contribution in [1.82, 2.24) is 4.90 Å². The molecule has 1 aromatic carbocycles. The molecule has 0 fully saturated rings. The van der Waals surface area contributed by atoms with Crippen LogP contribution in [-0.2, 0) is 0 Å². The quantitative estimate of drug-likeness (QED) is 0.804. The Morgan fingerprint density at radius 1 is 1.46 bits per heavy atom. The normalized spacial score (nSPS) is 13.3. The summed E-state index contributed by atoms with van der Waals surface area (Å²) in [5.41, 5.74) is 6.84. The van der Waals surface area contributed by atoms with Crippen LogP contribution in [0, 0.1) is 0 Å². The lowest BCUT2D eigenvalue weighted by Crippen LogP contribution is -2.27. The molecule has 0 aromatic heterocycles. The van der Waals surface area contributed by atoms with Crippen LogP contribution < -0.4 is 5.73 Å². The molecule has 0 aliphatic heterocycles. The van der Waals surface area contributed by atoms with E-state index in [0.717, 1.165) is 5.02 Å². The van der Waals surface area contributed by atoms with Crippen molar-refractivity contribution < 1.29 is 0 Å². The zero-order valence-corrected chi connectivity index (χ0v) is 8.75. The molecule has 72 valence electrons. The summed E-state index contributed by atoms with van der Waals surface area (Å²) in [5.74, 6) is 0. The first-order chi connectivity index (χ1) is 6.15. The fourth-order valence-corrected chi connectivity index (χ4v) is 1.56. The van der Waals surface area contributed by atoms with E-state index in [9.17, 15) is 0 Å². The summed E-state index contributed by atoms with van der Waals surface area (Å²) < 4.78 is 0. The standard InChI is InChI=1S/C10H15ClN2/c1-13(2)10(7-12)8-4-3-5-9(11)6-8/h3-6,10H,7,12H2,1-2H3/t10-/m1/s1. The van der Waals surface area contributed by atoms with Gasteiger partial charge in [0.25, 0.3) is 0 Å². The average Bonchev–Trinajstić information content (AvgIpc) is 2.04. The summed E-state index contributed by atoms with van der Waals surface area (Å²) in [4.78, 5) is 2.09. The molecule has 0 spiro atoms. The van der Waals surface area contributed by atoms with Gasteiger partial charge in [0.15, 0.2) is 0 Å². The molecule has 1 rings (SSSR count). The van der Waals surface area contributed by atoms with Gasteiger partial charge in [0.05, 0.1) is 0 Å². The van der Waals surface area contributed by atoms with Gasteiger partial charge < -0.3 is 10.6 Å². The van der Waals surface area contributed by atoms with E-state index < -0.39 is 0 Å². The molecule has 0 unspecified atom stereocenters. The van der Waals surface area contributed by atoms with Gasteiger partial charge in [0, 0.05) is 17.6 Å². The summed E-state index contributed by atoms with van der Waals surface area (Å²) >= 11 is 5.89. The molecule has 2 nitrogen and oxygen atoms in total. The third-order valence-electron chi connectivity index (χ3n) is 2.08. The molecular formula is C10H15ClN2. The molecule has 0 amide bonds. The van der Waals surface area contributed by atoms with Crippen LogP contribution in [0.3, 0.4) is 0 Å². The predicted octanol–water partition coefficient (Wildman–Crippen LogP) is 1.90. The van der Waals surface area contributed by atoms with Crippen LogP contribution in [0.5, 0.6) is 0 Å². The molecule has 0 aliphatic rings. The Hall–Kier alpha value is -0.570. The minimum Gasteiger partial charge on any atom is -0.329 e. The number of likely N-dealkylation sites (N-methyl/N-ethyl adjacent to an activating group) is 1. The minimum atomic E-state index is 0.249. The van der Waals surface area contributed by atoms with Crippen molar-refractivity contribution in [2.75, 3.05) is 20.6 Å². The van der Waals surface area contributed by atoms with Crippen molar-refractivity contribution in [2.45, 2.75) is 6.04 Å². The summed E-state index contributed by atoms with van der Waals surface area (Å²) in [7, 11) is 4.02. The first kappa shape index (κ1) is 10.5. The van der Waals surface area contributed by atoms with Crippen LogP contribution in [0.15, 0.2) is 24.3 Å². The molecule has 1 atom stereocenters. The Bertz CT molecular complexity index is 273. The van der Waals surface area contributed by atoms with Gasteiger partial charge in [0.2, 0.25) is 0 Å². The fourth-order valence-electron chi connectivity index (χ4n) is 1.36. The van der Waals surface area contributed by atoms with E-state index >= 15 is 0 Å². The van der Waals surface area contributed by atoms with Gasteiger partial charge in [-0.05, 0) is 31.8 Å². The summed E-state index contributed by atoms with van der Waals surface area (Å²) in [6, 6.07) is 8.07. The van der Waals surface area contributed by atoms with Gasteiger partial charge >= 0.3 is 0 Å². The van der Waals surface area contributed by atoms with Crippen molar-refractivity contribution in [3.8, 4) is 0 Å². The van der Waals surface area contributed by atoms with Crippen molar-refractivity contribution in [1.29, 1.82) is 0 Å². The molecule has 13 heavy (non-hydrogen) atoms. The van der Waals surface area contributed by atoms with E-state index in [1.807, 2.05) is 38.4 Å². The van der Waals surface area contributed by atoms with Crippen molar-refractivity contribution in [2.24, 2.45) is 5.73 Å². The van der Waals surface area contributed by atoms with Gasteiger partial charge in [-0.15, -0.1) is 0 Å². The molecule has 0 bridgehead atoms. The van der Waals surface area contributed by atoms with Crippen LogP contribution in [0.25, 0.3) is 0 Å². The second-order valence-corrected chi connectivity index (χ2v) is 3.71. The molecule has 2 N–H and O–H groups in total. The Balaban J connectivity index is 2.91. The molecule has 3 heteroatoms. The highest BCUT2D eigenvalue weighted by Gasteiger charge is 2.11. The highest BCUT2D eigenvalue weighted by atomic mass is 35.5. The highest BCUT2D eigenvalue weighted by Crippen LogP contribution is 2.20. The molecule has 0 aliphatic carbocycles. The maximum atomic E-state index is 5.89. The molecule has 0 saturated heterocycles. The van der Waals surface area contributed by atoms with E-state index in [-0.39, 0.29) is 6.04 Å². The van der Waals surface area contributed by atoms with Gasteiger partial charge in [-0.3, -0.25) is 0 Å². The first-order valence-corrected chi connectivity index (χ1v) is 4.65. The molecular weight excluding hydrogens is 184 g/mol. The van der Waals surface area contributed by atoms with Crippen LogP contribution in [0.2, 0.25) is 5.02 Å². The molecule has 1 aromatic rings. The number of nitrogens with zero attached hydrogens (tertiary/aromatic N) is 1. The van der Waals surface area contributed by atoms with Crippen LogP contribution >= 0.6 is 11.6 Å². The van der Waals surface area contributed by atoms with E-state index in [2.05, 4.69) is 4.90 Å². The van der Waals surface area contributed by atoms with Crippen molar-refractivity contribution in [3.05, 3.63) is 34.9 Å². The Morgan fingerprint density at radius 3 is 2.62 bits per heavy atom. The first-order valence-electron chi connectivity index (χ1n) is 4.27. The Morgan fingerprint density at radius 2 is 2.15 bits per heavy atom. The van der Waals surface area contributed by atoms with Gasteiger partial charge in [-0.2, -0.15) is 0 Å². The number of hydrogen-bond donors (Lipinski definition) is 1. The lowest BCUT2D eigenvalue weighted by Gasteiger charge is -2.23. The highest BCUT2D eigenvalue weighted by molar-refractivity contribution is 6.30. The summed E-state index contributed by atoms with van der Waals surface area (Å²) in [6.45, 7) is 0.605. The lowest BCUT2D eigenvalue weighted by atomic mass is 10.1. The van der Waals surface area contributed by atoms with Crippen LogP contribution in [0.1, 0.15) is 11.6 Å².